The lowest BCUT2D eigenvalue weighted by molar-refractivity contribution is -0.133. The normalized spacial score (nSPS) is 23.9. The van der Waals surface area contributed by atoms with E-state index in [2.05, 4.69) is 9.98 Å². The van der Waals surface area contributed by atoms with Crippen LogP contribution in [0.2, 0.25) is 5.02 Å². The molecule has 6 nitrogen and oxygen atoms in total. The number of fused-ring (bicyclic) bond motifs is 2. The minimum atomic E-state index is -1.24. The fourth-order valence-electron chi connectivity index (χ4n) is 4.80. The molecule has 8 heteroatoms. The van der Waals surface area contributed by atoms with Gasteiger partial charge in [-0.25, -0.2) is 9.38 Å². The van der Waals surface area contributed by atoms with E-state index in [0.717, 1.165) is 5.56 Å². The Morgan fingerprint density at radius 3 is 2.70 bits per heavy atom. The van der Waals surface area contributed by atoms with Gasteiger partial charge in [0.2, 0.25) is 0 Å². The summed E-state index contributed by atoms with van der Waals surface area (Å²) in [6.07, 6.45) is 4.33. The van der Waals surface area contributed by atoms with Crippen molar-refractivity contribution in [1.29, 1.82) is 0 Å². The second-order valence-corrected chi connectivity index (χ2v) is 9.27. The second kappa shape index (κ2) is 7.56. The van der Waals surface area contributed by atoms with E-state index in [0.29, 0.717) is 35.3 Å². The van der Waals surface area contributed by atoms with Crippen molar-refractivity contribution in [1.82, 2.24) is 9.88 Å². The molecule has 3 heterocycles. The molecular weight excluding hydrogens is 443 g/mol. The summed E-state index contributed by atoms with van der Waals surface area (Å²) in [5, 5.41) is 0.289. The van der Waals surface area contributed by atoms with Gasteiger partial charge in [0, 0.05) is 42.9 Å². The first kappa shape index (κ1) is 21.4. The molecule has 1 aromatic heterocycles. The molecule has 1 spiro atoms. The molecule has 168 valence electrons. The number of guanidine groups is 1. The van der Waals surface area contributed by atoms with Gasteiger partial charge in [-0.1, -0.05) is 23.7 Å². The molecule has 2 atom stereocenters. The van der Waals surface area contributed by atoms with E-state index in [9.17, 15) is 9.18 Å². The number of rotatable bonds is 3. The number of hydrogen-bond acceptors (Lipinski definition) is 5. The molecule has 0 fully saturated rings. The number of likely N-dealkylation sites (N-methyl/N-ethyl adjacent to an activating group) is 1. The number of carbonyl (C=O) groups excluding carboxylic acids is 1. The molecule has 1 unspecified atom stereocenters. The number of aromatic nitrogens is 1. The van der Waals surface area contributed by atoms with Gasteiger partial charge in [-0.3, -0.25) is 14.7 Å². The van der Waals surface area contributed by atoms with Gasteiger partial charge < -0.3 is 10.5 Å². The van der Waals surface area contributed by atoms with Gasteiger partial charge in [0.15, 0.2) is 11.5 Å². The molecule has 5 rings (SSSR count). The van der Waals surface area contributed by atoms with Crippen LogP contribution in [0.1, 0.15) is 24.5 Å². The van der Waals surface area contributed by atoms with Crippen molar-refractivity contribution in [2.45, 2.75) is 30.9 Å². The van der Waals surface area contributed by atoms with E-state index in [-0.39, 0.29) is 16.9 Å². The predicted octanol–water partition coefficient (Wildman–Crippen LogP) is 4.31. The maximum Gasteiger partial charge on any atom is 0.261 e. The highest BCUT2D eigenvalue weighted by atomic mass is 35.5. The topological polar surface area (TPSA) is 80.8 Å². The van der Waals surface area contributed by atoms with E-state index in [1.165, 1.54) is 17.0 Å². The maximum atomic E-state index is 14.0. The molecule has 1 amide bonds. The van der Waals surface area contributed by atoms with E-state index < -0.39 is 17.0 Å². The van der Waals surface area contributed by atoms with Crippen LogP contribution in [0.25, 0.3) is 11.1 Å². The Hall–Kier alpha value is -3.45. The Labute approximate surface area is 195 Å². The van der Waals surface area contributed by atoms with Gasteiger partial charge in [-0.05, 0) is 60.0 Å². The highest BCUT2D eigenvalue weighted by molar-refractivity contribution is 6.30. The zero-order valence-electron chi connectivity index (χ0n) is 18.2. The first-order valence-corrected chi connectivity index (χ1v) is 10.9. The van der Waals surface area contributed by atoms with Crippen molar-refractivity contribution in [3.8, 4) is 16.9 Å². The fraction of sp³-hybridized carbons (Fsp3) is 0.240. The van der Waals surface area contributed by atoms with E-state index in [1.807, 2.05) is 31.2 Å². The summed E-state index contributed by atoms with van der Waals surface area (Å²) < 4.78 is 20.5. The van der Waals surface area contributed by atoms with Crippen molar-refractivity contribution in [2.75, 3.05) is 7.05 Å². The monoisotopic (exact) mass is 464 g/mol. The molecule has 33 heavy (non-hydrogen) atoms. The quantitative estimate of drug-likeness (QED) is 0.626. The van der Waals surface area contributed by atoms with Gasteiger partial charge in [0.25, 0.3) is 5.91 Å². The maximum absolute atomic E-state index is 14.0. The molecule has 2 aliphatic rings. The van der Waals surface area contributed by atoms with Gasteiger partial charge in [0.05, 0.1) is 0 Å². The van der Waals surface area contributed by atoms with Crippen LogP contribution in [0.4, 0.5) is 4.39 Å². The molecule has 0 aliphatic carbocycles. The highest BCUT2D eigenvalue weighted by Crippen LogP contribution is 2.50. The summed E-state index contributed by atoms with van der Waals surface area (Å²) in [7, 11) is 1.61. The number of nitrogens with two attached hydrogens (primary N) is 1. The zero-order valence-corrected chi connectivity index (χ0v) is 18.9. The van der Waals surface area contributed by atoms with E-state index >= 15 is 0 Å². The summed E-state index contributed by atoms with van der Waals surface area (Å²) in [6, 6.07) is 13.6. The zero-order chi connectivity index (χ0) is 23.4. The largest absolute Gasteiger partial charge is 0.487 e. The van der Waals surface area contributed by atoms with Gasteiger partial charge in [-0.2, -0.15) is 0 Å². The number of halogens is 2. The number of pyridine rings is 1. The Kier molecular flexibility index (Phi) is 4.90. The lowest BCUT2D eigenvalue weighted by atomic mass is 9.74. The number of ether oxygens (including phenoxy) is 1. The second-order valence-electron chi connectivity index (χ2n) is 8.83. The first-order chi connectivity index (χ1) is 15.7. The molecular formula is C25H22ClFN4O2. The van der Waals surface area contributed by atoms with Crippen LogP contribution in [0.15, 0.2) is 65.9 Å². The molecule has 2 N–H and O–H groups in total. The van der Waals surface area contributed by atoms with Crippen LogP contribution in [0.5, 0.6) is 5.75 Å². The van der Waals surface area contributed by atoms with Crippen molar-refractivity contribution in [3.05, 3.63) is 82.9 Å². The number of nitrogens with zero attached hydrogens (tertiary/aromatic N) is 3. The Balaban J connectivity index is 1.65. The lowest BCUT2D eigenvalue weighted by Crippen LogP contribution is -2.51. The third-order valence-electron chi connectivity index (χ3n) is 6.22. The minimum absolute atomic E-state index is 0.149. The number of amides is 1. The molecule has 0 saturated heterocycles. The number of benzene rings is 2. The Bertz CT molecular complexity index is 1280. The third-order valence-corrected chi connectivity index (χ3v) is 6.43. The molecule has 2 aliphatic heterocycles. The van der Waals surface area contributed by atoms with Crippen molar-refractivity contribution in [2.24, 2.45) is 10.7 Å². The minimum Gasteiger partial charge on any atom is -0.487 e. The number of carbonyl (C=O) groups is 1. The highest BCUT2D eigenvalue weighted by Gasteiger charge is 2.56. The Morgan fingerprint density at radius 1 is 1.21 bits per heavy atom. The molecule has 0 radical (unpaired) electrons. The van der Waals surface area contributed by atoms with Gasteiger partial charge in [0.1, 0.15) is 17.2 Å². The first-order valence-electron chi connectivity index (χ1n) is 10.5. The van der Waals surface area contributed by atoms with Gasteiger partial charge in [-0.15, -0.1) is 0 Å². The predicted molar refractivity (Wildman–Crippen MR) is 125 cm³/mol. The summed E-state index contributed by atoms with van der Waals surface area (Å²) >= 11 is 6.07. The molecule has 3 aromatic rings. The van der Waals surface area contributed by atoms with Crippen LogP contribution in [-0.2, 0) is 16.8 Å². The summed E-state index contributed by atoms with van der Waals surface area (Å²) in [4.78, 5) is 23.8. The lowest BCUT2D eigenvalue weighted by Gasteiger charge is -2.43. The number of aliphatic imine (C=N–C) groups is 1. The van der Waals surface area contributed by atoms with Crippen LogP contribution in [0, 0.1) is 5.82 Å². The van der Waals surface area contributed by atoms with E-state index in [4.69, 9.17) is 22.1 Å². The average molecular weight is 465 g/mol. The fourth-order valence-corrected chi connectivity index (χ4v) is 5.03. The van der Waals surface area contributed by atoms with Crippen LogP contribution in [0.3, 0.4) is 0 Å². The Morgan fingerprint density at radius 2 is 2.03 bits per heavy atom. The van der Waals surface area contributed by atoms with Crippen molar-refractivity contribution in [3.63, 3.8) is 0 Å². The number of hydrogen-bond donors (Lipinski definition) is 1. The smallest absolute Gasteiger partial charge is 0.261 e. The average Bonchev–Trinajstić information content (AvgIpc) is 2.97. The van der Waals surface area contributed by atoms with Crippen molar-refractivity contribution >= 4 is 23.5 Å². The SMILES string of the molecule is CN1C(=O)C2(C[C@@](C)(Cc3cccnc3)Oc3ccc(-c4cc(F)cc(Cl)c4)cc32)N=C1N. The molecule has 2 aromatic carbocycles. The van der Waals surface area contributed by atoms with Crippen LogP contribution in [-0.4, -0.2) is 34.4 Å². The van der Waals surface area contributed by atoms with Crippen molar-refractivity contribution < 1.29 is 13.9 Å². The summed E-state index contributed by atoms with van der Waals surface area (Å²) in [6.45, 7) is 1.96. The van der Waals surface area contributed by atoms with E-state index in [1.54, 1.807) is 31.6 Å². The van der Waals surface area contributed by atoms with Crippen LogP contribution < -0.4 is 10.5 Å². The van der Waals surface area contributed by atoms with Crippen LogP contribution >= 0.6 is 11.6 Å². The van der Waals surface area contributed by atoms with Gasteiger partial charge >= 0.3 is 0 Å². The summed E-state index contributed by atoms with van der Waals surface area (Å²) in [5.74, 6) is 0.0235. The molecule has 0 saturated carbocycles. The standard InChI is InChI=1S/C25H22ClFN4O2/c1-24(12-15-4-3-7-29-13-15)14-25(22(32)31(2)23(28)30-25)20-10-16(5-6-21(20)33-24)17-8-18(26)11-19(27)9-17/h3-11,13H,12,14H2,1-2H3,(H2,28,30)/t24-,25?/m1/s1. The summed E-state index contributed by atoms with van der Waals surface area (Å²) in [5.41, 5.74) is 7.01. The molecule has 0 bridgehead atoms. The third kappa shape index (κ3) is 3.62.